The number of carbonyl (C=O) groups is 1. The van der Waals surface area contributed by atoms with Crippen molar-refractivity contribution in [2.45, 2.75) is 0 Å². The molecule has 13 heavy (non-hydrogen) atoms. The van der Waals surface area contributed by atoms with E-state index in [1.807, 2.05) is 0 Å². The van der Waals surface area contributed by atoms with Crippen molar-refractivity contribution in [3.63, 3.8) is 0 Å². The van der Waals surface area contributed by atoms with Gasteiger partial charge >= 0.3 is 0 Å². The summed E-state index contributed by atoms with van der Waals surface area (Å²) < 4.78 is 0.467. The third-order valence-electron chi connectivity index (χ3n) is 1.39. The molecule has 0 spiro atoms. The lowest BCUT2D eigenvalue weighted by Crippen LogP contribution is -1.95. The average Bonchev–Trinajstić information content (AvgIpc) is 2.02. The second-order valence-corrected chi connectivity index (χ2v) is 3.52. The van der Waals surface area contributed by atoms with E-state index in [2.05, 4.69) is 15.9 Å². The van der Waals surface area contributed by atoms with Gasteiger partial charge in [-0.05, 0) is 6.07 Å². The lowest BCUT2D eigenvalue weighted by molar-refractivity contribution is -0.385. The van der Waals surface area contributed by atoms with Gasteiger partial charge in [0.15, 0.2) is 6.29 Å². The number of carbonyl (C=O) groups excluding carboxylic acids is 1. The van der Waals surface area contributed by atoms with Crippen molar-refractivity contribution in [1.82, 2.24) is 0 Å². The molecular weight excluding hydrogens is 261 g/mol. The highest BCUT2D eigenvalue weighted by atomic mass is 79.9. The van der Waals surface area contributed by atoms with E-state index < -0.39 is 4.92 Å². The summed E-state index contributed by atoms with van der Waals surface area (Å²) in [6, 6.07) is 2.66. The van der Waals surface area contributed by atoms with Crippen LogP contribution in [0.15, 0.2) is 16.6 Å². The fourth-order valence-electron chi connectivity index (χ4n) is 0.839. The minimum absolute atomic E-state index is 0.0658. The van der Waals surface area contributed by atoms with Crippen LogP contribution in [0.25, 0.3) is 0 Å². The van der Waals surface area contributed by atoms with Gasteiger partial charge in [0.1, 0.15) is 5.56 Å². The van der Waals surface area contributed by atoms with E-state index in [-0.39, 0.29) is 16.3 Å². The summed E-state index contributed by atoms with van der Waals surface area (Å²) in [6.45, 7) is 0. The van der Waals surface area contributed by atoms with Crippen molar-refractivity contribution >= 4 is 39.5 Å². The summed E-state index contributed by atoms with van der Waals surface area (Å²) in [5, 5.41) is 10.5. The third kappa shape index (κ3) is 2.05. The zero-order valence-corrected chi connectivity index (χ0v) is 8.50. The van der Waals surface area contributed by atoms with E-state index in [1.54, 1.807) is 0 Å². The molecule has 1 rings (SSSR count). The number of benzene rings is 1. The van der Waals surface area contributed by atoms with Gasteiger partial charge in [0.25, 0.3) is 5.69 Å². The fourth-order valence-corrected chi connectivity index (χ4v) is 1.68. The van der Waals surface area contributed by atoms with Crippen LogP contribution in [-0.2, 0) is 0 Å². The summed E-state index contributed by atoms with van der Waals surface area (Å²) in [5.74, 6) is 0. The molecule has 0 aliphatic heterocycles. The van der Waals surface area contributed by atoms with E-state index in [9.17, 15) is 14.9 Å². The number of nitro groups is 1. The van der Waals surface area contributed by atoms with Crippen molar-refractivity contribution in [2.24, 2.45) is 0 Å². The third-order valence-corrected chi connectivity index (χ3v) is 2.16. The Hall–Kier alpha value is -0.940. The molecule has 1 aromatic rings. The first kappa shape index (κ1) is 10.1. The molecule has 0 N–H and O–H groups in total. The van der Waals surface area contributed by atoms with Crippen molar-refractivity contribution in [3.8, 4) is 0 Å². The molecule has 0 aliphatic carbocycles. The number of halogens is 2. The summed E-state index contributed by atoms with van der Waals surface area (Å²) in [6.07, 6.45) is 0.368. The smallest absolute Gasteiger partial charge is 0.282 e. The highest BCUT2D eigenvalue weighted by Gasteiger charge is 2.17. The van der Waals surface area contributed by atoms with Crippen molar-refractivity contribution in [1.29, 1.82) is 0 Å². The maximum absolute atomic E-state index is 10.5. The number of nitro benzene ring substituents is 1. The van der Waals surface area contributed by atoms with Crippen LogP contribution in [-0.4, -0.2) is 11.2 Å². The lowest BCUT2D eigenvalue weighted by atomic mass is 10.2. The molecule has 0 aromatic heterocycles. The van der Waals surface area contributed by atoms with Crippen LogP contribution in [0.1, 0.15) is 10.4 Å². The maximum Gasteiger partial charge on any atom is 0.282 e. The van der Waals surface area contributed by atoms with Crippen molar-refractivity contribution in [3.05, 3.63) is 37.3 Å². The first-order chi connectivity index (χ1) is 6.06. The number of aldehydes is 1. The number of hydrogen-bond acceptors (Lipinski definition) is 3. The molecular formula is C7H3BrClNO3. The molecule has 0 fully saturated rings. The maximum atomic E-state index is 10.5. The lowest BCUT2D eigenvalue weighted by Gasteiger charge is -1.98. The van der Waals surface area contributed by atoms with E-state index in [4.69, 9.17) is 11.6 Å². The Morgan fingerprint density at radius 3 is 2.62 bits per heavy atom. The minimum atomic E-state index is -0.652. The van der Waals surface area contributed by atoms with Crippen molar-refractivity contribution in [2.75, 3.05) is 0 Å². The molecule has 0 radical (unpaired) electrons. The van der Waals surface area contributed by atoms with Crippen LogP contribution in [0.4, 0.5) is 5.69 Å². The van der Waals surface area contributed by atoms with Crippen LogP contribution in [0.3, 0.4) is 0 Å². The Bertz CT molecular complexity index is 380. The molecule has 0 saturated carbocycles. The van der Waals surface area contributed by atoms with Crippen LogP contribution in [0.5, 0.6) is 0 Å². The van der Waals surface area contributed by atoms with Gasteiger partial charge in [0.05, 0.1) is 9.95 Å². The molecule has 0 heterocycles. The predicted octanol–water partition coefficient (Wildman–Crippen LogP) is 2.82. The Labute approximate surface area is 86.8 Å². The van der Waals surface area contributed by atoms with Gasteiger partial charge < -0.3 is 0 Å². The summed E-state index contributed by atoms with van der Waals surface area (Å²) in [4.78, 5) is 20.3. The quantitative estimate of drug-likeness (QED) is 0.469. The number of hydrogen-bond donors (Lipinski definition) is 0. The highest BCUT2D eigenvalue weighted by molar-refractivity contribution is 9.10. The van der Waals surface area contributed by atoms with Crippen LogP contribution < -0.4 is 0 Å². The average molecular weight is 264 g/mol. The first-order valence-corrected chi connectivity index (χ1v) is 4.32. The molecule has 0 saturated heterocycles. The molecule has 0 atom stereocenters. The SMILES string of the molecule is O=Cc1c(Cl)cc(Br)cc1[N+](=O)[O-]. The molecule has 4 nitrogen and oxygen atoms in total. The summed E-state index contributed by atoms with van der Waals surface area (Å²) in [5.41, 5.74) is -0.399. The Morgan fingerprint density at radius 1 is 1.54 bits per heavy atom. The number of rotatable bonds is 2. The first-order valence-electron chi connectivity index (χ1n) is 3.15. The van der Waals surface area contributed by atoms with Gasteiger partial charge in [-0.25, -0.2) is 0 Å². The molecule has 6 heteroatoms. The predicted molar refractivity (Wildman–Crippen MR) is 51.2 cm³/mol. The Balaban J connectivity index is 3.46. The van der Waals surface area contributed by atoms with Gasteiger partial charge in [-0.2, -0.15) is 0 Å². The van der Waals surface area contributed by atoms with Gasteiger partial charge in [0, 0.05) is 10.5 Å². The van der Waals surface area contributed by atoms with E-state index in [0.717, 1.165) is 0 Å². The highest BCUT2D eigenvalue weighted by Crippen LogP contribution is 2.29. The van der Waals surface area contributed by atoms with Crippen molar-refractivity contribution < 1.29 is 9.72 Å². The summed E-state index contributed by atoms with van der Waals surface area (Å²) in [7, 11) is 0. The second kappa shape index (κ2) is 3.85. The molecule has 0 aliphatic rings. The second-order valence-electron chi connectivity index (χ2n) is 2.20. The number of nitrogens with zero attached hydrogens (tertiary/aromatic N) is 1. The van der Waals surface area contributed by atoms with Gasteiger partial charge in [-0.15, -0.1) is 0 Å². The van der Waals surface area contributed by atoms with E-state index in [0.29, 0.717) is 10.8 Å². The van der Waals surface area contributed by atoms with E-state index in [1.165, 1.54) is 12.1 Å². The Morgan fingerprint density at radius 2 is 2.15 bits per heavy atom. The van der Waals surface area contributed by atoms with Crippen LogP contribution in [0, 0.1) is 10.1 Å². The largest absolute Gasteiger partial charge is 0.298 e. The topological polar surface area (TPSA) is 60.2 Å². The van der Waals surface area contributed by atoms with Crippen LogP contribution >= 0.6 is 27.5 Å². The molecule has 68 valence electrons. The molecule has 0 bridgehead atoms. The van der Waals surface area contributed by atoms with Gasteiger partial charge in [-0.3, -0.25) is 14.9 Å². The fraction of sp³-hybridized carbons (Fsp3) is 0. The van der Waals surface area contributed by atoms with Gasteiger partial charge in [-0.1, -0.05) is 27.5 Å². The monoisotopic (exact) mass is 263 g/mol. The standard InChI is InChI=1S/C7H3BrClNO3/c8-4-1-6(9)5(3-11)7(2-4)10(12)13/h1-3H. The summed E-state index contributed by atoms with van der Waals surface area (Å²) >= 11 is 8.65. The van der Waals surface area contributed by atoms with E-state index >= 15 is 0 Å². The van der Waals surface area contributed by atoms with Crippen LogP contribution in [0.2, 0.25) is 5.02 Å². The van der Waals surface area contributed by atoms with Gasteiger partial charge in [0.2, 0.25) is 0 Å². The zero-order chi connectivity index (χ0) is 10.0. The minimum Gasteiger partial charge on any atom is -0.298 e. The molecule has 0 unspecified atom stereocenters. The molecule has 0 amide bonds. The zero-order valence-electron chi connectivity index (χ0n) is 6.16. The normalized spacial score (nSPS) is 9.69. The Kier molecular flexibility index (Phi) is 3.00. The molecule has 1 aromatic carbocycles.